The highest BCUT2D eigenvalue weighted by Crippen LogP contribution is 2.39. The Bertz CT molecular complexity index is 624. The van der Waals surface area contributed by atoms with Crippen LogP contribution >= 0.6 is 0 Å². The maximum atomic E-state index is 12.5. The van der Waals surface area contributed by atoms with E-state index in [9.17, 15) is 9.90 Å². The van der Waals surface area contributed by atoms with E-state index in [1.807, 2.05) is 17.2 Å². The van der Waals surface area contributed by atoms with Gasteiger partial charge in [-0.25, -0.2) is 0 Å². The molecule has 1 saturated carbocycles. The third-order valence-electron chi connectivity index (χ3n) is 5.42. The van der Waals surface area contributed by atoms with Crippen LogP contribution in [0.2, 0.25) is 0 Å². The van der Waals surface area contributed by atoms with Crippen LogP contribution in [0.25, 0.3) is 0 Å². The third-order valence-corrected chi connectivity index (χ3v) is 5.42. The van der Waals surface area contributed by atoms with E-state index in [1.54, 1.807) is 0 Å². The summed E-state index contributed by atoms with van der Waals surface area (Å²) in [5, 5.41) is 14.8. The smallest absolute Gasteiger partial charge is 0.221 e. The van der Waals surface area contributed by atoms with Crippen molar-refractivity contribution in [3.63, 3.8) is 0 Å². The summed E-state index contributed by atoms with van der Waals surface area (Å²) >= 11 is 0. The van der Waals surface area contributed by atoms with Gasteiger partial charge in [0.1, 0.15) is 5.75 Å². The molecule has 4 rings (SSSR count). The van der Waals surface area contributed by atoms with E-state index in [-0.39, 0.29) is 18.1 Å². The molecule has 2 fully saturated rings. The molecule has 6 heteroatoms. The van der Waals surface area contributed by atoms with Crippen LogP contribution in [0.5, 0.6) is 5.75 Å². The van der Waals surface area contributed by atoms with Gasteiger partial charge in [-0.05, 0) is 48.4 Å². The fourth-order valence-electron chi connectivity index (χ4n) is 3.92. The summed E-state index contributed by atoms with van der Waals surface area (Å²) in [7, 11) is 0. The zero-order valence-electron chi connectivity index (χ0n) is 14.4. The van der Waals surface area contributed by atoms with Crippen LogP contribution in [0.3, 0.4) is 0 Å². The summed E-state index contributed by atoms with van der Waals surface area (Å²) in [6.45, 7) is 3.01. The highest BCUT2D eigenvalue weighted by Gasteiger charge is 2.36. The monoisotopic (exact) mass is 346 g/mol. The van der Waals surface area contributed by atoms with E-state index < -0.39 is 0 Å². The first-order valence-corrected chi connectivity index (χ1v) is 9.30. The fourth-order valence-corrected chi connectivity index (χ4v) is 3.92. The molecular weight excluding hydrogens is 320 g/mol. The summed E-state index contributed by atoms with van der Waals surface area (Å²) < 4.78 is 5.58. The molecule has 2 heterocycles. The van der Waals surface area contributed by atoms with E-state index in [4.69, 9.17) is 9.57 Å². The normalized spacial score (nSPS) is 26.6. The van der Waals surface area contributed by atoms with Crippen molar-refractivity contribution < 1.29 is 19.5 Å². The van der Waals surface area contributed by atoms with Gasteiger partial charge in [0.2, 0.25) is 5.91 Å². The Morgan fingerprint density at radius 1 is 1.36 bits per heavy atom. The van der Waals surface area contributed by atoms with Crippen LogP contribution in [-0.4, -0.2) is 48.5 Å². The second-order valence-electron chi connectivity index (χ2n) is 7.26. The average molecular weight is 346 g/mol. The Kier molecular flexibility index (Phi) is 4.92. The quantitative estimate of drug-likeness (QED) is 0.818. The van der Waals surface area contributed by atoms with Crippen LogP contribution in [0, 0.1) is 5.92 Å². The van der Waals surface area contributed by atoms with Gasteiger partial charge in [-0.2, -0.15) is 5.06 Å². The molecule has 0 unspecified atom stereocenters. The largest absolute Gasteiger partial charge is 0.493 e. The molecule has 3 aliphatic rings. The van der Waals surface area contributed by atoms with Crippen molar-refractivity contribution in [2.75, 3.05) is 26.3 Å². The first-order valence-electron chi connectivity index (χ1n) is 9.30. The number of hydrogen-bond acceptors (Lipinski definition) is 5. The number of rotatable bonds is 6. The number of hydroxylamine groups is 2. The van der Waals surface area contributed by atoms with Crippen LogP contribution in [0.1, 0.15) is 42.9 Å². The van der Waals surface area contributed by atoms with E-state index in [1.165, 1.54) is 5.56 Å². The number of aliphatic hydroxyl groups is 1. The van der Waals surface area contributed by atoms with Gasteiger partial charge in [-0.3, -0.25) is 9.63 Å². The van der Waals surface area contributed by atoms with Crippen molar-refractivity contribution in [2.24, 2.45) is 5.92 Å². The van der Waals surface area contributed by atoms with Gasteiger partial charge in [0, 0.05) is 25.9 Å². The van der Waals surface area contributed by atoms with Crippen LogP contribution < -0.4 is 10.1 Å². The van der Waals surface area contributed by atoms with Gasteiger partial charge < -0.3 is 15.2 Å². The molecule has 1 atom stereocenters. The highest BCUT2D eigenvalue weighted by molar-refractivity contribution is 5.76. The Morgan fingerprint density at radius 3 is 3.00 bits per heavy atom. The molecule has 6 nitrogen and oxygen atoms in total. The molecule has 2 aliphatic heterocycles. The van der Waals surface area contributed by atoms with Gasteiger partial charge in [-0.1, -0.05) is 6.07 Å². The molecule has 1 saturated heterocycles. The molecule has 0 aromatic heterocycles. The predicted octanol–water partition coefficient (Wildman–Crippen LogP) is 1.58. The Labute approximate surface area is 148 Å². The number of benzene rings is 1. The lowest BCUT2D eigenvalue weighted by Crippen LogP contribution is -2.42. The van der Waals surface area contributed by atoms with Crippen molar-refractivity contribution in [1.82, 2.24) is 10.4 Å². The summed E-state index contributed by atoms with van der Waals surface area (Å²) in [4.78, 5) is 17.9. The molecular formula is C19H26N2O4. The Morgan fingerprint density at radius 2 is 2.24 bits per heavy atom. The molecule has 0 bridgehead atoms. The molecule has 2 N–H and O–H groups in total. The number of nitrogens with zero attached hydrogens (tertiary/aromatic N) is 1. The topological polar surface area (TPSA) is 71.0 Å². The highest BCUT2D eigenvalue weighted by atomic mass is 16.7. The Balaban J connectivity index is 1.42. The first-order chi connectivity index (χ1) is 12.2. The molecule has 0 spiro atoms. The lowest BCUT2D eigenvalue weighted by atomic mass is 9.75. The average Bonchev–Trinajstić information content (AvgIpc) is 3.25. The molecule has 1 aliphatic carbocycles. The lowest BCUT2D eigenvalue weighted by molar-refractivity contribution is -0.131. The molecule has 1 amide bonds. The second-order valence-corrected chi connectivity index (χ2v) is 7.26. The minimum Gasteiger partial charge on any atom is -0.493 e. The van der Waals surface area contributed by atoms with E-state index >= 15 is 0 Å². The molecule has 136 valence electrons. The molecule has 1 aromatic carbocycles. The number of hydrogen-bond donors (Lipinski definition) is 2. The van der Waals surface area contributed by atoms with Gasteiger partial charge >= 0.3 is 0 Å². The number of carbonyl (C=O) groups excluding carboxylic acids is 1. The zero-order chi connectivity index (χ0) is 17.2. The van der Waals surface area contributed by atoms with Gasteiger partial charge in [0.05, 0.1) is 25.4 Å². The Hall–Kier alpha value is -1.63. The van der Waals surface area contributed by atoms with Gasteiger partial charge in [0.15, 0.2) is 0 Å². The number of ether oxygens (including phenoxy) is 1. The van der Waals surface area contributed by atoms with E-state index in [0.29, 0.717) is 18.9 Å². The van der Waals surface area contributed by atoms with Gasteiger partial charge in [-0.15, -0.1) is 0 Å². The van der Waals surface area contributed by atoms with Crippen molar-refractivity contribution in [1.29, 1.82) is 0 Å². The third kappa shape index (κ3) is 3.81. The van der Waals surface area contributed by atoms with Crippen molar-refractivity contribution in [2.45, 2.75) is 44.2 Å². The van der Waals surface area contributed by atoms with Crippen molar-refractivity contribution in [3.8, 4) is 5.75 Å². The zero-order valence-corrected chi connectivity index (χ0v) is 14.4. The maximum absolute atomic E-state index is 12.5. The molecule has 1 aromatic rings. The number of amides is 1. The van der Waals surface area contributed by atoms with Gasteiger partial charge in [0.25, 0.3) is 0 Å². The van der Waals surface area contributed by atoms with Crippen molar-refractivity contribution >= 4 is 5.91 Å². The second kappa shape index (κ2) is 7.32. The number of fused-ring (bicyclic) bond motifs is 1. The van der Waals surface area contributed by atoms with E-state index in [0.717, 1.165) is 56.8 Å². The summed E-state index contributed by atoms with van der Waals surface area (Å²) in [6, 6.07) is 6.16. The number of aliphatic hydroxyl groups excluding tert-OH is 1. The number of carbonyl (C=O) groups is 1. The van der Waals surface area contributed by atoms with Crippen LogP contribution in [0.4, 0.5) is 0 Å². The van der Waals surface area contributed by atoms with E-state index in [2.05, 4.69) is 11.4 Å². The summed E-state index contributed by atoms with van der Waals surface area (Å²) in [5.74, 6) is 1.29. The first kappa shape index (κ1) is 16.8. The standard InChI is InChI=1S/C19H26N2O4/c22-16-11-15(12-16)19(14-2-3-17-13(10-14)5-9-24-17)20-18(23)4-7-21-6-1-8-25-21/h2-3,10,15-16,19,22H,1,4-9,11-12H2,(H,20,23)/t15?,16?,19-/m1/s1. The van der Waals surface area contributed by atoms with Crippen LogP contribution in [0.15, 0.2) is 18.2 Å². The van der Waals surface area contributed by atoms with Crippen LogP contribution in [-0.2, 0) is 16.1 Å². The summed E-state index contributed by atoms with van der Waals surface area (Å²) in [5.41, 5.74) is 2.33. The lowest BCUT2D eigenvalue weighted by Gasteiger charge is -2.38. The summed E-state index contributed by atoms with van der Waals surface area (Å²) in [6.07, 6.45) is 3.63. The SMILES string of the molecule is O=C(CCN1CCCO1)N[C@H](c1ccc2c(c1)CCO2)C1CC(O)C1. The predicted molar refractivity (Wildman–Crippen MR) is 92.0 cm³/mol. The number of nitrogens with one attached hydrogen (secondary N) is 1. The molecule has 0 radical (unpaired) electrons. The minimum atomic E-state index is -0.236. The van der Waals surface area contributed by atoms with Crippen molar-refractivity contribution in [3.05, 3.63) is 29.3 Å². The molecule has 25 heavy (non-hydrogen) atoms. The fraction of sp³-hybridized carbons (Fsp3) is 0.632. The maximum Gasteiger partial charge on any atom is 0.221 e. The minimum absolute atomic E-state index is 0.0404.